The largest absolute Gasteiger partial charge is 0.497 e. The van der Waals surface area contributed by atoms with Gasteiger partial charge in [-0.25, -0.2) is 8.42 Å². The first-order valence-electron chi connectivity index (χ1n) is 9.56. The average molecular weight is 451 g/mol. The number of hydrogen-bond donors (Lipinski definition) is 1. The molecule has 0 atom stereocenters. The Bertz CT molecular complexity index is 1000. The van der Waals surface area contributed by atoms with Crippen LogP contribution in [-0.2, 0) is 14.8 Å². The van der Waals surface area contributed by atoms with Gasteiger partial charge in [-0.15, -0.1) is 11.8 Å². The quantitative estimate of drug-likeness (QED) is 0.651. The highest BCUT2D eigenvalue weighted by atomic mass is 32.2. The third-order valence-electron chi connectivity index (χ3n) is 5.15. The topological polar surface area (TPSA) is 84.9 Å². The number of ether oxygens (including phenoxy) is 2. The van der Waals surface area contributed by atoms with Crippen LogP contribution in [0.2, 0.25) is 0 Å². The molecule has 9 heteroatoms. The van der Waals surface area contributed by atoms with Gasteiger partial charge in [-0.1, -0.05) is 6.07 Å². The molecule has 0 unspecified atom stereocenters. The molecular weight excluding hydrogens is 424 g/mol. The highest BCUT2D eigenvalue weighted by Gasteiger charge is 2.34. The number of nitrogens with one attached hydrogen (secondary N) is 1. The summed E-state index contributed by atoms with van der Waals surface area (Å²) in [5.41, 5.74) is 0.753. The Morgan fingerprint density at radius 2 is 1.83 bits per heavy atom. The number of piperidine rings is 1. The molecule has 1 N–H and O–H groups in total. The predicted molar refractivity (Wildman–Crippen MR) is 118 cm³/mol. The number of nitrogens with zero attached hydrogens (tertiary/aromatic N) is 1. The van der Waals surface area contributed by atoms with Crippen LogP contribution >= 0.6 is 11.8 Å². The van der Waals surface area contributed by atoms with Gasteiger partial charge in [-0.05, 0) is 49.4 Å². The molecular formula is C21H26N2O5S2. The van der Waals surface area contributed by atoms with Gasteiger partial charge < -0.3 is 14.8 Å². The molecule has 1 saturated heterocycles. The van der Waals surface area contributed by atoms with Gasteiger partial charge in [0, 0.05) is 35.7 Å². The molecule has 30 heavy (non-hydrogen) atoms. The predicted octanol–water partition coefficient (Wildman–Crippen LogP) is 3.47. The van der Waals surface area contributed by atoms with Crippen molar-refractivity contribution in [2.75, 3.05) is 38.9 Å². The highest BCUT2D eigenvalue weighted by Crippen LogP contribution is 2.33. The van der Waals surface area contributed by atoms with Crippen molar-refractivity contribution in [1.82, 2.24) is 4.31 Å². The van der Waals surface area contributed by atoms with Gasteiger partial charge in [0.25, 0.3) is 0 Å². The molecule has 0 spiro atoms. The molecule has 0 bridgehead atoms. The Hall–Kier alpha value is -2.23. The number of thioether (sulfide) groups is 1. The highest BCUT2D eigenvalue weighted by molar-refractivity contribution is 7.98. The first-order chi connectivity index (χ1) is 14.4. The van der Waals surface area contributed by atoms with Crippen molar-refractivity contribution < 1.29 is 22.7 Å². The number of carbonyl (C=O) groups excluding carboxylic acids is 1. The lowest BCUT2D eigenvalue weighted by molar-refractivity contribution is -0.120. The van der Waals surface area contributed by atoms with Gasteiger partial charge in [-0.3, -0.25) is 4.79 Å². The van der Waals surface area contributed by atoms with Crippen molar-refractivity contribution in [3.8, 4) is 11.5 Å². The molecule has 1 fully saturated rings. The van der Waals surface area contributed by atoms with E-state index in [4.69, 9.17) is 9.47 Å². The van der Waals surface area contributed by atoms with E-state index in [2.05, 4.69) is 5.32 Å². The summed E-state index contributed by atoms with van der Waals surface area (Å²) in [6, 6.07) is 12.4. The standard InChI is InChI=1S/C21H26N2O5S2/c1-27-17-7-8-19(28-2)20(14-17)30(25,26)23-11-9-15(10-12-23)21(24)22-16-5-4-6-18(13-16)29-3/h4-8,13-15H,9-12H2,1-3H3,(H,22,24). The summed E-state index contributed by atoms with van der Waals surface area (Å²) in [6.07, 6.45) is 2.90. The minimum Gasteiger partial charge on any atom is -0.497 e. The molecule has 1 heterocycles. The molecule has 1 aliphatic heterocycles. The van der Waals surface area contributed by atoms with E-state index < -0.39 is 10.0 Å². The number of hydrogen-bond acceptors (Lipinski definition) is 6. The number of anilines is 1. The van der Waals surface area contributed by atoms with Gasteiger partial charge in [0.05, 0.1) is 14.2 Å². The molecule has 3 rings (SSSR count). The second kappa shape index (κ2) is 9.72. The van der Waals surface area contributed by atoms with Crippen LogP contribution < -0.4 is 14.8 Å². The van der Waals surface area contributed by atoms with E-state index in [-0.39, 0.29) is 35.6 Å². The molecule has 1 aliphatic rings. The van der Waals surface area contributed by atoms with Gasteiger partial charge in [0.15, 0.2) is 0 Å². The lowest BCUT2D eigenvalue weighted by atomic mass is 9.97. The van der Waals surface area contributed by atoms with Crippen molar-refractivity contribution in [2.45, 2.75) is 22.6 Å². The molecule has 0 radical (unpaired) electrons. The van der Waals surface area contributed by atoms with Gasteiger partial charge in [-0.2, -0.15) is 4.31 Å². The lowest BCUT2D eigenvalue weighted by Gasteiger charge is -2.31. The summed E-state index contributed by atoms with van der Waals surface area (Å²) in [7, 11) is -0.843. The number of rotatable bonds is 7. The zero-order valence-corrected chi connectivity index (χ0v) is 18.9. The van der Waals surface area contributed by atoms with E-state index in [9.17, 15) is 13.2 Å². The van der Waals surface area contributed by atoms with Crippen LogP contribution in [0.5, 0.6) is 11.5 Å². The van der Waals surface area contributed by atoms with Crippen LogP contribution in [0, 0.1) is 5.92 Å². The van der Waals surface area contributed by atoms with Crippen LogP contribution in [0.1, 0.15) is 12.8 Å². The summed E-state index contributed by atoms with van der Waals surface area (Å²) < 4.78 is 38.1. The van der Waals surface area contributed by atoms with Crippen molar-refractivity contribution in [2.24, 2.45) is 5.92 Å². The third-order valence-corrected chi connectivity index (χ3v) is 7.80. The first-order valence-corrected chi connectivity index (χ1v) is 12.2. The SMILES string of the molecule is COc1ccc(OC)c(S(=O)(=O)N2CCC(C(=O)Nc3cccc(SC)c3)CC2)c1. The van der Waals surface area contributed by atoms with Gasteiger partial charge >= 0.3 is 0 Å². The molecule has 0 saturated carbocycles. The fourth-order valence-electron chi connectivity index (χ4n) is 3.43. The fraction of sp³-hybridized carbons (Fsp3) is 0.381. The summed E-state index contributed by atoms with van der Waals surface area (Å²) in [5.74, 6) is 0.395. The Morgan fingerprint density at radius 1 is 1.10 bits per heavy atom. The second-order valence-corrected chi connectivity index (χ2v) is 9.70. The first kappa shape index (κ1) is 22.5. The Balaban J connectivity index is 1.68. The van der Waals surface area contributed by atoms with Crippen LogP contribution in [0.4, 0.5) is 5.69 Å². The van der Waals surface area contributed by atoms with Crippen LogP contribution in [0.3, 0.4) is 0 Å². The lowest BCUT2D eigenvalue weighted by Crippen LogP contribution is -2.41. The maximum Gasteiger partial charge on any atom is 0.246 e. The van der Waals surface area contributed by atoms with E-state index in [0.29, 0.717) is 18.6 Å². The summed E-state index contributed by atoms with van der Waals surface area (Å²) in [6.45, 7) is 0.539. The molecule has 0 aliphatic carbocycles. The molecule has 1 amide bonds. The van der Waals surface area contributed by atoms with Crippen LogP contribution in [0.15, 0.2) is 52.3 Å². The molecule has 162 valence electrons. The Kier molecular flexibility index (Phi) is 7.27. The molecule has 2 aromatic rings. The fourth-order valence-corrected chi connectivity index (χ4v) is 5.53. The third kappa shape index (κ3) is 4.91. The van der Waals surface area contributed by atoms with E-state index >= 15 is 0 Å². The summed E-state index contributed by atoms with van der Waals surface area (Å²) in [4.78, 5) is 13.8. The number of amides is 1. The van der Waals surface area contributed by atoms with Gasteiger partial charge in [0.1, 0.15) is 16.4 Å². The minimum absolute atomic E-state index is 0.0705. The van der Waals surface area contributed by atoms with Crippen molar-refractivity contribution in [3.05, 3.63) is 42.5 Å². The number of carbonyl (C=O) groups is 1. The van der Waals surface area contributed by atoms with Crippen molar-refractivity contribution in [1.29, 1.82) is 0 Å². The van der Waals surface area contributed by atoms with Gasteiger partial charge in [0.2, 0.25) is 15.9 Å². The molecule has 2 aromatic carbocycles. The zero-order valence-electron chi connectivity index (χ0n) is 17.3. The minimum atomic E-state index is -3.76. The monoisotopic (exact) mass is 450 g/mol. The van der Waals surface area contributed by atoms with E-state index in [1.165, 1.54) is 24.6 Å². The van der Waals surface area contributed by atoms with E-state index in [1.54, 1.807) is 23.9 Å². The number of benzene rings is 2. The summed E-state index contributed by atoms with van der Waals surface area (Å²) in [5, 5.41) is 2.95. The zero-order chi connectivity index (χ0) is 21.7. The summed E-state index contributed by atoms with van der Waals surface area (Å²) >= 11 is 1.61. The van der Waals surface area contributed by atoms with E-state index in [0.717, 1.165) is 10.6 Å². The van der Waals surface area contributed by atoms with Crippen molar-refractivity contribution in [3.63, 3.8) is 0 Å². The maximum absolute atomic E-state index is 13.2. The van der Waals surface area contributed by atoms with Crippen LogP contribution in [0.25, 0.3) is 0 Å². The second-order valence-electron chi connectivity index (χ2n) is 6.92. The Morgan fingerprint density at radius 3 is 2.47 bits per heavy atom. The van der Waals surface area contributed by atoms with Crippen molar-refractivity contribution >= 4 is 33.4 Å². The smallest absolute Gasteiger partial charge is 0.246 e. The average Bonchev–Trinajstić information content (AvgIpc) is 2.78. The number of methoxy groups -OCH3 is 2. The number of sulfonamides is 1. The molecule has 0 aromatic heterocycles. The maximum atomic E-state index is 13.2. The Labute approximate surface area is 181 Å². The molecule has 7 nitrogen and oxygen atoms in total. The van der Waals surface area contributed by atoms with E-state index in [1.807, 2.05) is 30.5 Å². The van der Waals surface area contributed by atoms with Crippen LogP contribution in [-0.4, -0.2) is 52.2 Å². The normalized spacial score (nSPS) is 15.6.